The van der Waals surface area contributed by atoms with Crippen LogP contribution in [0.2, 0.25) is 0 Å². The summed E-state index contributed by atoms with van der Waals surface area (Å²) in [4.78, 5) is 17.2. The normalized spacial score (nSPS) is 11.7. The first-order valence-corrected chi connectivity index (χ1v) is 8.01. The summed E-state index contributed by atoms with van der Waals surface area (Å²) in [6, 6.07) is 15.8. The van der Waals surface area contributed by atoms with E-state index in [1.165, 1.54) is 0 Å². The molecule has 0 aliphatic carbocycles. The lowest BCUT2D eigenvalue weighted by molar-refractivity contribution is 1.34. The molecule has 3 N–H and O–H groups in total. The summed E-state index contributed by atoms with van der Waals surface area (Å²) in [7, 11) is 0. The van der Waals surface area contributed by atoms with Crippen LogP contribution in [0.4, 0.5) is 5.82 Å². The van der Waals surface area contributed by atoms with Crippen molar-refractivity contribution in [3.05, 3.63) is 48.5 Å². The van der Waals surface area contributed by atoms with Gasteiger partial charge >= 0.3 is 0 Å². The Morgan fingerprint density at radius 3 is 2.30 bits per heavy atom. The smallest absolute Gasteiger partial charge is 0.159 e. The van der Waals surface area contributed by atoms with Crippen LogP contribution in [0, 0.1) is 0 Å². The lowest BCUT2D eigenvalue weighted by Crippen LogP contribution is -1.87. The Morgan fingerprint density at radius 2 is 1.52 bits per heavy atom. The maximum absolute atomic E-state index is 6.20. The van der Waals surface area contributed by atoms with E-state index in [0.717, 1.165) is 37.3 Å². The number of nitrogens with zero attached hydrogens (tertiary/aromatic N) is 3. The zero-order valence-electron chi connectivity index (χ0n) is 11.9. The molecule has 0 aliphatic rings. The standard InChI is InChI=1S/C17H11N5S/c18-15-13(17-21-11-7-3-4-8-12(11)23-17)14-16(22-15)20-10-6-2-1-5-9(10)19-14/h1-8H,18H2,(H,20,22). The van der Waals surface area contributed by atoms with E-state index in [9.17, 15) is 0 Å². The van der Waals surface area contributed by atoms with Crippen LogP contribution in [-0.4, -0.2) is 19.9 Å². The van der Waals surface area contributed by atoms with E-state index in [0.29, 0.717) is 11.5 Å². The molecule has 5 rings (SSSR count). The average molecular weight is 317 g/mol. The van der Waals surface area contributed by atoms with Gasteiger partial charge in [0.05, 0.1) is 26.8 Å². The van der Waals surface area contributed by atoms with E-state index >= 15 is 0 Å². The number of nitrogen functional groups attached to an aromatic ring is 1. The number of nitrogens with one attached hydrogen (secondary N) is 1. The number of aromatic nitrogens is 4. The third-order valence-electron chi connectivity index (χ3n) is 3.84. The van der Waals surface area contributed by atoms with Gasteiger partial charge in [-0.05, 0) is 24.3 Å². The lowest BCUT2D eigenvalue weighted by atomic mass is 10.2. The molecule has 5 aromatic rings. The maximum Gasteiger partial charge on any atom is 0.159 e. The van der Waals surface area contributed by atoms with Gasteiger partial charge in [-0.25, -0.2) is 15.0 Å². The molecule has 3 heterocycles. The number of aromatic amines is 1. The van der Waals surface area contributed by atoms with Crippen LogP contribution in [0.1, 0.15) is 0 Å². The molecule has 0 spiro atoms. The second-order valence-corrected chi connectivity index (χ2v) is 6.34. The molecule has 5 nitrogen and oxygen atoms in total. The molecular formula is C17H11N5S. The number of fused-ring (bicyclic) bond motifs is 3. The first-order chi connectivity index (χ1) is 11.3. The van der Waals surface area contributed by atoms with Crippen molar-refractivity contribution >= 4 is 49.6 Å². The number of benzene rings is 2. The number of hydrogen-bond donors (Lipinski definition) is 2. The molecule has 6 heteroatoms. The van der Waals surface area contributed by atoms with Gasteiger partial charge in [-0.1, -0.05) is 24.3 Å². The summed E-state index contributed by atoms with van der Waals surface area (Å²) >= 11 is 1.61. The minimum Gasteiger partial charge on any atom is -0.385 e. The Morgan fingerprint density at radius 1 is 0.826 bits per heavy atom. The van der Waals surface area contributed by atoms with E-state index in [4.69, 9.17) is 15.7 Å². The average Bonchev–Trinajstić information content (AvgIpc) is 3.11. The number of nitrogens with two attached hydrogens (primary N) is 1. The van der Waals surface area contributed by atoms with Crippen LogP contribution >= 0.6 is 11.3 Å². The molecular weight excluding hydrogens is 306 g/mol. The summed E-state index contributed by atoms with van der Waals surface area (Å²) < 4.78 is 1.13. The van der Waals surface area contributed by atoms with Crippen molar-refractivity contribution < 1.29 is 0 Å². The molecule has 23 heavy (non-hydrogen) atoms. The number of para-hydroxylation sites is 3. The lowest BCUT2D eigenvalue weighted by Gasteiger charge is -1.98. The zero-order chi connectivity index (χ0) is 15.4. The third kappa shape index (κ3) is 1.82. The molecule has 0 amide bonds. The number of anilines is 1. The number of thiazole rings is 1. The monoisotopic (exact) mass is 317 g/mol. The fourth-order valence-corrected chi connectivity index (χ4v) is 3.80. The Balaban J connectivity index is 1.86. The highest BCUT2D eigenvalue weighted by molar-refractivity contribution is 7.21. The van der Waals surface area contributed by atoms with Gasteiger partial charge < -0.3 is 10.7 Å². The summed E-state index contributed by atoms with van der Waals surface area (Å²) in [5.74, 6) is 0.550. The molecule has 0 radical (unpaired) electrons. The van der Waals surface area contributed by atoms with Gasteiger partial charge in [0.1, 0.15) is 16.3 Å². The van der Waals surface area contributed by atoms with Crippen LogP contribution in [0.3, 0.4) is 0 Å². The van der Waals surface area contributed by atoms with Gasteiger partial charge in [0.15, 0.2) is 5.65 Å². The Labute approximate surface area is 134 Å². The zero-order valence-corrected chi connectivity index (χ0v) is 12.8. The highest BCUT2D eigenvalue weighted by atomic mass is 32.1. The minimum atomic E-state index is 0.550. The number of H-pyrrole nitrogens is 1. The molecule has 0 unspecified atom stereocenters. The van der Waals surface area contributed by atoms with Crippen LogP contribution < -0.4 is 5.73 Å². The van der Waals surface area contributed by atoms with Crippen LogP contribution in [0.25, 0.3) is 43.0 Å². The third-order valence-corrected chi connectivity index (χ3v) is 4.89. The molecule has 0 atom stereocenters. The first kappa shape index (κ1) is 12.5. The Hall–Kier alpha value is -2.99. The van der Waals surface area contributed by atoms with E-state index in [1.807, 2.05) is 42.5 Å². The molecule has 0 fully saturated rings. The van der Waals surface area contributed by atoms with E-state index in [1.54, 1.807) is 11.3 Å². The highest BCUT2D eigenvalue weighted by Gasteiger charge is 2.18. The predicted octanol–water partition coefficient (Wildman–Crippen LogP) is 3.97. The topological polar surface area (TPSA) is 80.5 Å². The summed E-state index contributed by atoms with van der Waals surface area (Å²) in [6.45, 7) is 0. The van der Waals surface area contributed by atoms with E-state index in [-0.39, 0.29) is 0 Å². The summed E-state index contributed by atoms with van der Waals surface area (Å²) in [5, 5.41) is 0.861. The molecule has 0 aliphatic heterocycles. The quantitative estimate of drug-likeness (QED) is 0.490. The summed E-state index contributed by atoms with van der Waals surface area (Å²) in [6.07, 6.45) is 0. The largest absolute Gasteiger partial charge is 0.385 e. The van der Waals surface area contributed by atoms with E-state index < -0.39 is 0 Å². The van der Waals surface area contributed by atoms with Crippen molar-refractivity contribution in [3.8, 4) is 10.6 Å². The van der Waals surface area contributed by atoms with Crippen molar-refractivity contribution in [3.63, 3.8) is 0 Å². The Kier molecular flexibility index (Phi) is 2.46. The predicted molar refractivity (Wildman–Crippen MR) is 94.4 cm³/mol. The molecule has 110 valence electrons. The van der Waals surface area contributed by atoms with Gasteiger partial charge in [-0.2, -0.15) is 0 Å². The van der Waals surface area contributed by atoms with Gasteiger partial charge in [-0.3, -0.25) is 0 Å². The van der Waals surface area contributed by atoms with Gasteiger partial charge in [0.25, 0.3) is 0 Å². The fraction of sp³-hybridized carbons (Fsp3) is 0. The van der Waals surface area contributed by atoms with Crippen LogP contribution in [0.5, 0.6) is 0 Å². The van der Waals surface area contributed by atoms with Crippen molar-refractivity contribution in [1.29, 1.82) is 0 Å². The summed E-state index contributed by atoms with van der Waals surface area (Å²) in [5.41, 5.74) is 11.1. The molecule has 3 aromatic heterocycles. The second kappa shape index (κ2) is 4.50. The van der Waals surface area contributed by atoms with Crippen molar-refractivity contribution in [2.24, 2.45) is 0 Å². The van der Waals surface area contributed by atoms with Crippen LogP contribution in [-0.2, 0) is 0 Å². The van der Waals surface area contributed by atoms with Gasteiger partial charge in [0, 0.05) is 0 Å². The Bertz CT molecular complexity index is 1150. The number of rotatable bonds is 1. The fourth-order valence-electron chi connectivity index (χ4n) is 2.77. The second-order valence-electron chi connectivity index (χ2n) is 5.31. The van der Waals surface area contributed by atoms with Gasteiger partial charge in [-0.15, -0.1) is 11.3 Å². The first-order valence-electron chi connectivity index (χ1n) is 7.19. The van der Waals surface area contributed by atoms with Crippen molar-refractivity contribution in [2.45, 2.75) is 0 Å². The number of hydrogen-bond acceptors (Lipinski definition) is 5. The SMILES string of the molecule is Nc1[nH]c2nc3ccccc3nc2c1-c1nc2ccccc2s1. The highest BCUT2D eigenvalue weighted by Crippen LogP contribution is 2.37. The van der Waals surface area contributed by atoms with Crippen molar-refractivity contribution in [2.75, 3.05) is 5.73 Å². The minimum absolute atomic E-state index is 0.550. The van der Waals surface area contributed by atoms with E-state index in [2.05, 4.69) is 16.0 Å². The molecule has 2 aromatic carbocycles. The van der Waals surface area contributed by atoms with Crippen molar-refractivity contribution in [1.82, 2.24) is 19.9 Å². The molecule has 0 saturated heterocycles. The maximum atomic E-state index is 6.20. The van der Waals surface area contributed by atoms with Gasteiger partial charge in [0.2, 0.25) is 0 Å². The molecule has 0 saturated carbocycles. The van der Waals surface area contributed by atoms with Crippen LogP contribution in [0.15, 0.2) is 48.5 Å². The molecule has 0 bridgehead atoms.